The number of carbonyl (C=O) groups is 1. The van der Waals surface area contributed by atoms with Gasteiger partial charge in [0.2, 0.25) is 5.91 Å². The molecule has 2 fully saturated rings. The van der Waals surface area contributed by atoms with Crippen LogP contribution in [0.5, 0.6) is 0 Å². The summed E-state index contributed by atoms with van der Waals surface area (Å²) < 4.78 is 7.56. The Morgan fingerprint density at radius 2 is 1.86 bits per heavy atom. The third-order valence-corrected chi connectivity index (χ3v) is 5.81. The van der Waals surface area contributed by atoms with Gasteiger partial charge in [-0.05, 0) is 58.6 Å². The number of amides is 1. The number of nitrogens with zero attached hydrogens (tertiary/aromatic N) is 3. The van der Waals surface area contributed by atoms with Crippen molar-refractivity contribution in [3.05, 3.63) is 30.1 Å². The zero-order valence-corrected chi connectivity index (χ0v) is 17.3. The molecule has 0 spiro atoms. The molecule has 2 saturated heterocycles. The van der Waals surface area contributed by atoms with Gasteiger partial charge in [0.15, 0.2) is 0 Å². The maximum atomic E-state index is 12.8. The molecule has 0 aromatic carbocycles. The number of ether oxygens (including phenoxy) is 1. The Labute approximate surface area is 167 Å². The topological polar surface area (TPSA) is 58.9 Å². The third-order valence-electron chi connectivity index (χ3n) is 5.81. The van der Waals surface area contributed by atoms with E-state index in [-0.39, 0.29) is 11.5 Å². The summed E-state index contributed by atoms with van der Waals surface area (Å²) in [5, 5.41) is 3.66. The van der Waals surface area contributed by atoms with Crippen LogP contribution < -0.4 is 5.32 Å². The summed E-state index contributed by atoms with van der Waals surface area (Å²) in [5.74, 6) is 1.95. The second-order valence-electron chi connectivity index (χ2n) is 9.14. The Kier molecular flexibility index (Phi) is 5.32. The number of hydrogen-bond donors (Lipinski definition) is 1. The SMILES string of the molecule is CC(C)(C)Nc1c(C2CCN(C(=O)C3CCOCC3)CC2)nc2ccccn12. The van der Waals surface area contributed by atoms with Crippen molar-refractivity contribution in [3.8, 4) is 0 Å². The standard InChI is InChI=1S/C22H32N4O2/c1-22(2,3)24-20-19(23-18-6-4-5-11-26(18)20)16-7-12-25(13-8-16)21(27)17-9-14-28-15-10-17/h4-6,11,16-17,24H,7-10,12-15H2,1-3H3. The Morgan fingerprint density at radius 1 is 1.14 bits per heavy atom. The van der Waals surface area contributed by atoms with Gasteiger partial charge in [0, 0.05) is 49.9 Å². The molecule has 1 N–H and O–H groups in total. The molecular weight excluding hydrogens is 352 g/mol. The first-order chi connectivity index (χ1) is 13.4. The van der Waals surface area contributed by atoms with Crippen molar-refractivity contribution in [2.75, 3.05) is 31.6 Å². The number of pyridine rings is 1. The Hall–Kier alpha value is -2.08. The van der Waals surface area contributed by atoms with E-state index in [1.54, 1.807) is 0 Å². The number of anilines is 1. The van der Waals surface area contributed by atoms with Crippen molar-refractivity contribution in [1.82, 2.24) is 14.3 Å². The number of aromatic nitrogens is 2. The number of likely N-dealkylation sites (tertiary alicyclic amines) is 1. The smallest absolute Gasteiger partial charge is 0.225 e. The highest BCUT2D eigenvalue weighted by atomic mass is 16.5. The predicted octanol–water partition coefficient (Wildman–Crippen LogP) is 3.68. The fourth-order valence-electron chi connectivity index (χ4n) is 4.35. The second kappa shape index (κ2) is 7.74. The van der Waals surface area contributed by atoms with Crippen LogP contribution in [0, 0.1) is 5.92 Å². The van der Waals surface area contributed by atoms with Crippen molar-refractivity contribution in [2.45, 2.75) is 57.9 Å². The van der Waals surface area contributed by atoms with Crippen molar-refractivity contribution < 1.29 is 9.53 Å². The van der Waals surface area contributed by atoms with Gasteiger partial charge in [-0.2, -0.15) is 0 Å². The highest BCUT2D eigenvalue weighted by Crippen LogP contribution is 2.35. The van der Waals surface area contributed by atoms with Gasteiger partial charge in [-0.1, -0.05) is 6.07 Å². The average Bonchev–Trinajstić information content (AvgIpc) is 3.05. The summed E-state index contributed by atoms with van der Waals surface area (Å²) >= 11 is 0. The maximum Gasteiger partial charge on any atom is 0.225 e. The largest absolute Gasteiger partial charge is 0.381 e. The van der Waals surface area contributed by atoms with E-state index in [0.717, 1.165) is 69.1 Å². The number of carbonyl (C=O) groups excluding carboxylic acids is 1. The number of rotatable bonds is 3. The van der Waals surface area contributed by atoms with Gasteiger partial charge in [0.25, 0.3) is 0 Å². The number of hydrogen-bond acceptors (Lipinski definition) is 4. The number of imidazole rings is 1. The normalized spacial score (nSPS) is 19.9. The molecule has 28 heavy (non-hydrogen) atoms. The number of fused-ring (bicyclic) bond motifs is 1. The van der Waals surface area contributed by atoms with Gasteiger partial charge in [0.05, 0.1) is 5.69 Å². The van der Waals surface area contributed by atoms with Crippen LogP contribution in [-0.4, -0.2) is 52.0 Å². The molecule has 0 aliphatic carbocycles. The molecule has 0 unspecified atom stereocenters. The highest BCUT2D eigenvalue weighted by molar-refractivity contribution is 5.79. The number of nitrogens with one attached hydrogen (secondary N) is 1. The molecule has 0 radical (unpaired) electrons. The molecule has 4 heterocycles. The lowest BCUT2D eigenvalue weighted by molar-refractivity contribution is -0.139. The fourth-order valence-corrected chi connectivity index (χ4v) is 4.35. The van der Waals surface area contributed by atoms with E-state index in [2.05, 4.69) is 47.7 Å². The Bertz CT molecular complexity index is 825. The molecule has 0 atom stereocenters. The van der Waals surface area contributed by atoms with Crippen molar-refractivity contribution >= 4 is 17.4 Å². The van der Waals surface area contributed by atoms with Crippen LogP contribution in [0.15, 0.2) is 24.4 Å². The Balaban J connectivity index is 1.50. The lowest BCUT2D eigenvalue weighted by atomic mass is 9.91. The molecule has 2 aliphatic rings. The summed E-state index contributed by atoms with van der Waals surface area (Å²) in [6, 6.07) is 6.13. The first-order valence-electron chi connectivity index (χ1n) is 10.5. The Morgan fingerprint density at radius 3 is 2.54 bits per heavy atom. The fraction of sp³-hybridized carbons (Fsp3) is 0.636. The van der Waals surface area contributed by atoms with Gasteiger partial charge in [-0.15, -0.1) is 0 Å². The summed E-state index contributed by atoms with van der Waals surface area (Å²) in [7, 11) is 0. The first kappa shape index (κ1) is 19.2. The van der Waals surface area contributed by atoms with Crippen LogP contribution in [-0.2, 0) is 9.53 Å². The predicted molar refractivity (Wildman–Crippen MR) is 111 cm³/mol. The molecule has 4 rings (SSSR count). The molecule has 6 heteroatoms. The third kappa shape index (κ3) is 4.02. The molecule has 2 aromatic heterocycles. The van der Waals surface area contributed by atoms with Gasteiger partial charge >= 0.3 is 0 Å². The zero-order valence-electron chi connectivity index (χ0n) is 17.3. The minimum Gasteiger partial charge on any atom is -0.381 e. The van der Waals surface area contributed by atoms with Gasteiger partial charge in [-0.25, -0.2) is 4.98 Å². The lowest BCUT2D eigenvalue weighted by Crippen LogP contribution is -2.43. The minimum atomic E-state index is -0.0414. The van der Waals surface area contributed by atoms with Crippen LogP contribution in [0.1, 0.15) is 58.1 Å². The molecular formula is C22H32N4O2. The van der Waals surface area contributed by atoms with Crippen LogP contribution in [0.2, 0.25) is 0 Å². The van der Waals surface area contributed by atoms with Gasteiger partial charge in [0.1, 0.15) is 11.5 Å². The van der Waals surface area contributed by atoms with Crippen molar-refractivity contribution in [1.29, 1.82) is 0 Å². The monoisotopic (exact) mass is 384 g/mol. The summed E-state index contributed by atoms with van der Waals surface area (Å²) in [5.41, 5.74) is 2.07. The molecule has 152 valence electrons. The average molecular weight is 385 g/mol. The maximum absolute atomic E-state index is 12.8. The first-order valence-corrected chi connectivity index (χ1v) is 10.5. The van der Waals surface area contributed by atoms with Crippen molar-refractivity contribution in [2.24, 2.45) is 5.92 Å². The van der Waals surface area contributed by atoms with E-state index in [9.17, 15) is 4.79 Å². The van der Waals surface area contributed by atoms with Gasteiger partial charge in [-0.3, -0.25) is 9.20 Å². The second-order valence-corrected chi connectivity index (χ2v) is 9.14. The summed E-state index contributed by atoms with van der Waals surface area (Å²) in [6.07, 6.45) is 5.74. The molecule has 2 aromatic rings. The molecule has 6 nitrogen and oxygen atoms in total. The van der Waals surface area contributed by atoms with E-state index in [0.29, 0.717) is 11.8 Å². The summed E-state index contributed by atoms with van der Waals surface area (Å²) in [4.78, 5) is 19.9. The van der Waals surface area contributed by atoms with E-state index in [1.165, 1.54) is 0 Å². The van der Waals surface area contributed by atoms with Crippen LogP contribution in [0.25, 0.3) is 5.65 Å². The lowest BCUT2D eigenvalue weighted by Gasteiger charge is -2.35. The number of piperidine rings is 1. The highest BCUT2D eigenvalue weighted by Gasteiger charge is 2.32. The quantitative estimate of drug-likeness (QED) is 0.877. The zero-order chi connectivity index (χ0) is 19.7. The van der Waals surface area contributed by atoms with Crippen LogP contribution in [0.4, 0.5) is 5.82 Å². The molecule has 2 aliphatic heterocycles. The van der Waals surface area contributed by atoms with Crippen LogP contribution >= 0.6 is 0 Å². The van der Waals surface area contributed by atoms with Crippen LogP contribution in [0.3, 0.4) is 0 Å². The minimum absolute atomic E-state index is 0.0414. The van der Waals surface area contributed by atoms with E-state index in [4.69, 9.17) is 9.72 Å². The van der Waals surface area contributed by atoms with E-state index >= 15 is 0 Å². The molecule has 0 bridgehead atoms. The van der Waals surface area contributed by atoms with E-state index < -0.39 is 0 Å². The van der Waals surface area contributed by atoms with Crippen molar-refractivity contribution in [3.63, 3.8) is 0 Å². The molecule has 0 saturated carbocycles. The molecule has 1 amide bonds. The van der Waals surface area contributed by atoms with Gasteiger partial charge < -0.3 is 15.0 Å². The summed E-state index contributed by atoms with van der Waals surface area (Å²) in [6.45, 7) is 9.61. The van der Waals surface area contributed by atoms with E-state index in [1.807, 2.05) is 12.1 Å².